The van der Waals surface area contributed by atoms with Crippen molar-refractivity contribution in [3.8, 4) is 11.1 Å². The smallest absolute Gasteiger partial charge is 0.0968 e. The van der Waals surface area contributed by atoms with E-state index in [1.165, 1.54) is 26.6 Å². The van der Waals surface area contributed by atoms with Crippen LogP contribution in [0.3, 0.4) is 0 Å². The molecule has 1 aliphatic rings. The summed E-state index contributed by atoms with van der Waals surface area (Å²) in [4.78, 5) is 3.63. The van der Waals surface area contributed by atoms with Gasteiger partial charge in [0.2, 0.25) is 0 Å². The van der Waals surface area contributed by atoms with Crippen LogP contribution in [-0.4, -0.2) is 19.0 Å². The van der Waals surface area contributed by atoms with Crippen molar-refractivity contribution in [3.05, 3.63) is 40.8 Å². The first-order valence-electron chi connectivity index (χ1n) is 5.83. The molecule has 2 nitrogen and oxygen atoms in total. The molecule has 1 N–H and O–H groups in total. The number of benzene rings is 1. The maximum Gasteiger partial charge on any atom is 0.0968 e. The summed E-state index contributed by atoms with van der Waals surface area (Å²) in [5, 5.41) is 4.83. The van der Waals surface area contributed by atoms with Crippen LogP contribution in [0.4, 0.5) is 5.00 Å². The van der Waals surface area contributed by atoms with Gasteiger partial charge in [0.1, 0.15) is 0 Å². The third-order valence-electron chi connectivity index (χ3n) is 3.00. The molecule has 2 heterocycles. The van der Waals surface area contributed by atoms with Crippen LogP contribution in [0.5, 0.6) is 0 Å². The Balaban J connectivity index is 2.04. The van der Waals surface area contributed by atoms with E-state index < -0.39 is 0 Å². The second kappa shape index (κ2) is 4.17. The van der Waals surface area contributed by atoms with Crippen LogP contribution in [0.25, 0.3) is 11.1 Å². The van der Waals surface area contributed by atoms with Crippen LogP contribution >= 0.6 is 11.3 Å². The van der Waals surface area contributed by atoms with Crippen molar-refractivity contribution >= 4 is 16.3 Å². The van der Waals surface area contributed by atoms with E-state index in [0.29, 0.717) is 0 Å². The summed E-state index contributed by atoms with van der Waals surface area (Å²) in [5.41, 5.74) is 4.16. The summed E-state index contributed by atoms with van der Waals surface area (Å²) in [5.74, 6) is 0. The van der Waals surface area contributed by atoms with Gasteiger partial charge in [-0.05, 0) is 31.3 Å². The lowest BCUT2D eigenvalue weighted by molar-refractivity contribution is 0.406. The maximum absolute atomic E-state index is 3.51. The highest BCUT2D eigenvalue weighted by Crippen LogP contribution is 2.41. The van der Waals surface area contributed by atoms with E-state index in [-0.39, 0.29) is 0 Å². The first-order chi connectivity index (χ1) is 8.24. The van der Waals surface area contributed by atoms with Crippen molar-refractivity contribution in [3.63, 3.8) is 0 Å². The van der Waals surface area contributed by atoms with Gasteiger partial charge in [0.15, 0.2) is 0 Å². The molecule has 0 unspecified atom stereocenters. The van der Waals surface area contributed by atoms with Crippen LogP contribution in [0.2, 0.25) is 0 Å². The fourth-order valence-electron chi connectivity index (χ4n) is 2.28. The fraction of sp³-hybridized carbons (Fsp3) is 0.286. The van der Waals surface area contributed by atoms with Crippen molar-refractivity contribution < 1.29 is 0 Å². The lowest BCUT2D eigenvalue weighted by atomic mass is 9.98. The SMILES string of the molecule is CN(C)Cc1cc2c(s1)NCc1ccccc1-2. The Bertz CT molecular complexity index is 543. The summed E-state index contributed by atoms with van der Waals surface area (Å²) in [7, 11) is 4.22. The molecule has 3 rings (SSSR count). The van der Waals surface area contributed by atoms with Gasteiger partial charge in [-0.1, -0.05) is 24.3 Å². The van der Waals surface area contributed by atoms with Gasteiger partial charge in [-0.2, -0.15) is 0 Å². The van der Waals surface area contributed by atoms with Gasteiger partial charge in [0, 0.05) is 23.5 Å². The Morgan fingerprint density at radius 3 is 2.88 bits per heavy atom. The molecule has 0 saturated heterocycles. The van der Waals surface area contributed by atoms with E-state index in [1.54, 1.807) is 0 Å². The molecule has 17 heavy (non-hydrogen) atoms. The number of anilines is 1. The highest BCUT2D eigenvalue weighted by Gasteiger charge is 2.18. The summed E-state index contributed by atoms with van der Waals surface area (Å²) in [6, 6.07) is 11.0. The largest absolute Gasteiger partial charge is 0.372 e. The quantitative estimate of drug-likeness (QED) is 0.871. The Labute approximate surface area is 106 Å². The zero-order valence-corrected chi connectivity index (χ0v) is 11.0. The topological polar surface area (TPSA) is 15.3 Å². The van der Waals surface area contributed by atoms with Crippen molar-refractivity contribution in [2.45, 2.75) is 13.1 Å². The van der Waals surface area contributed by atoms with Crippen LogP contribution in [-0.2, 0) is 13.1 Å². The Morgan fingerprint density at radius 1 is 1.24 bits per heavy atom. The van der Waals surface area contributed by atoms with Gasteiger partial charge >= 0.3 is 0 Å². The van der Waals surface area contributed by atoms with Crippen LogP contribution < -0.4 is 5.32 Å². The van der Waals surface area contributed by atoms with Crippen molar-refractivity contribution in [1.82, 2.24) is 4.90 Å². The summed E-state index contributed by atoms with van der Waals surface area (Å²) in [6.07, 6.45) is 0. The average Bonchev–Trinajstić information content (AvgIpc) is 2.70. The van der Waals surface area contributed by atoms with Gasteiger partial charge in [0.25, 0.3) is 0 Å². The van der Waals surface area contributed by atoms with Crippen molar-refractivity contribution in [2.24, 2.45) is 0 Å². The van der Waals surface area contributed by atoms with Crippen LogP contribution in [0.1, 0.15) is 10.4 Å². The molecule has 3 heteroatoms. The van der Waals surface area contributed by atoms with Crippen molar-refractivity contribution in [1.29, 1.82) is 0 Å². The minimum atomic E-state index is 0.949. The molecular formula is C14H16N2S. The molecule has 1 aliphatic heterocycles. The van der Waals surface area contributed by atoms with E-state index in [9.17, 15) is 0 Å². The number of hydrogen-bond acceptors (Lipinski definition) is 3. The molecule has 88 valence electrons. The van der Waals surface area contributed by atoms with Crippen LogP contribution in [0, 0.1) is 0 Å². The van der Waals surface area contributed by atoms with Gasteiger partial charge < -0.3 is 10.2 Å². The predicted octanol–water partition coefficient (Wildman–Crippen LogP) is 3.40. The van der Waals surface area contributed by atoms with Gasteiger partial charge in [0.05, 0.1) is 5.00 Å². The first-order valence-corrected chi connectivity index (χ1v) is 6.65. The highest BCUT2D eigenvalue weighted by atomic mass is 32.1. The lowest BCUT2D eigenvalue weighted by Crippen LogP contribution is -2.09. The summed E-state index contributed by atoms with van der Waals surface area (Å²) < 4.78 is 0. The molecule has 0 amide bonds. The third kappa shape index (κ3) is 1.96. The molecule has 0 spiro atoms. The predicted molar refractivity (Wildman–Crippen MR) is 74.5 cm³/mol. The minimum Gasteiger partial charge on any atom is -0.372 e. The zero-order valence-electron chi connectivity index (χ0n) is 10.2. The second-order valence-electron chi connectivity index (χ2n) is 4.70. The van der Waals surface area contributed by atoms with Gasteiger partial charge in [-0.25, -0.2) is 0 Å². The zero-order chi connectivity index (χ0) is 11.8. The number of nitrogens with one attached hydrogen (secondary N) is 1. The molecule has 0 saturated carbocycles. The maximum atomic E-state index is 3.51. The summed E-state index contributed by atoms with van der Waals surface area (Å²) in [6.45, 7) is 1.96. The molecule has 1 aromatic carbocycles. The molecule has 0 aliphatic carbocycles. The average molecular weight is 244 g/mol. The molecule has 2 aromatic rings. The van der Waals surface area contributed by atoms with E-state index in [0.717, 1.165) is 13.1 Å². The Kier molecular flexibility index (Phi) is 2.65. The van der Waals surface area contributed by atoms with Gasteiger partial charge in [-0.3, -0.25) is 0 Å². The van der Waals surface area contributed by atoms with E-state index >= 15 is 0 Å². The van der Waals surface area contributed by atoms with Crippen LogP contribution in [0.15, 0.2) is 30.3 Å². The molecule has 0 atom stereocenters. The summed E-state index contributed by atoms with van der Waals surface area (Å²) >= 11 is 1.87. The van der Waals surface area contributed by atoms with E-state index in [4.69, 9.17) is 0 Å². The molecule has 1 aromatic heterocycles. The first kappa shape index (κ1) is 10.8. The molecular weight excluding hydrogens is 228 g/mol. The molecule has 0 bridgehead atoms. The third-order valence-corrected chi connectivity index (χ3v) is 4.08. The molecule has 0 radical (unpaired) electrons. The Hall–Kier alpha value is -1.32. The van der Waals surface area contributed by atoms with Crippen molar-refractivity contribution in [2.75, 3.05) is 19.4 Å². The highest BCUT2D eigenvalue weighted by molar-refractivity contribution is 7.16. The van der Waals surface area contributed by atoms with Gasteiger partial charge in [-0.15, -0.1) is 11.3 Å². The van der Waals surface area contributed by atoms with E-state index in [2.05, 4.69) is 54.6 Å². The Morgan fingerprint density at radius 2 is 2.06 bits per heavy atom. The minimum absolute atomic E-state index is 0.949. The lowest BCUT2D eigenvalue weighted by Gasteiger charge is -2.17. The standard InChI is InChI=1S/C14H16N2S/c1-16(2)9-11-7-13-12-6-4-3-5-10(12)8-15-14(13)17-11/h3-7,15H,8-9H2,1-2H3. The normalized spacial score (nSPS) is 13.1. The fourth-order valence-corrected chi connectivity index (χ4v) is 3.46. The second-order valence-corrected chi connectivity index (χ2v) is 5.84. The number of fused-ring (bicyclic) bond motifs is 3. The monoisotopic (exact) mass is 244 g/mol. The number of thiophene rings is 1. The number of nitrogens with zero attached hydrogens (tertiary/aromatic N) is 1. The number of rotatable bonds is 2. The van der Waals surface area contributed by atoms with E-state index in [1.807, 2.05) is 11.3 Å². The molecule has 0 fully saturated rings. The number of hydrogen-bond donors (Lipinski definition) is 1.